The topological polar surface area (TPSA) is 52.6 Å². The number of rotatable bonds is 9. The zero-order valence-corrected chi connectivity index (χ0v) is 14.1. The summed E-state index contributed by atoms with van der Waals surface area (Å²) in [6, 6.07) is 4.72. The fraction of sp³-hybridized carbons (Fsp3) is 0.294. The summed E-state index contributed by atoms with van der Waals surface area (Å²) in [4.78, 5) is 23.5. The third-order valence-electron chi connectivity index (χ3n) is 2.83. The van der Waals surface area contributed by atoms with Crippen LogP contribution in [0.25, 0.3) is 0 Å². The van der Waals surface area contributed by atoms with Gasteiger partial charge in [-0.25, -0.2) is 0 Å². The van der Waals surface area contributed by atoms with Gasteiger partial charge < -0.3 is 9.47 Å². The fourth-order valence-electron chi connectivity index (χ4n) is 1.75. The number of esters is 2. The molecule has 0 atom stereocenters. The van der Waals surface area contributed by atoms with Crippen LogP contribution in [-0.2, 0) is 14.3 Å². The number of hydrogen-bond acceptors (Lipinski definition) is 4. The van der Waals surface area contributed by atoms with Crippen LogP contribution in [0.15, 0.2) is 43.5 Å². The fourth-order valence-corrected chi connectivity index (χ4v) is 2.08. The zero-order chi connectivity index (χ0) is 17.2. The molecule has 0 saturated carbocycles. The molecule has 23 heavy (non-hydrogen) atoms. The molecule has 0 amide bonds. The Labute approximate surface area is 145 Å². The molecule has 1 aromatic carbocycles. The average molecular weight is 357 g/mol. The van der Waals surface area contributed by atoms with Crippen LogP contribution in [0.4, 0.5) is 0 Å². The Morgan fingerprint density at radius 3 is 2.30 bits per heavy atom. The molecular weight excluding hydrogens is 339 g/mol. The molecule has 0 aliphatic heterocycles. The molecule has 0 radical (unpaired) electrons. The van der Waals surface area contributed by atoms with E-state index in [0.29, 0.717) is 12.8 Å². The molecule has 124 valence electrons. The van der Waals surface area contributed by atoms with Crippen LogP contribution in [-0.4, -0.2) is 18.0 Å². The van der Waals surface area contributed by atoms with Gasteiger partial charge in [-0.2, -0.15) is 0 Å². The van der Waals surface area contributed by atoms with Gasteiger partial charge in [0.05, 0.1) is 17.9 Å². The van der Waals surface area contributed by atoms with E-state index in [1.165, 1.54) is 6.07 Å². The molecule has 0 bridgehead atoms. The molecule has 1 aromatic rings. The van der Waals surface area contributed by atoms with Crippen molar-refractivity contribution in [2.24, 2.45) is 0 Å². The van der Waals surface area contributed by atoms with E-state index in [1.54, 1.807) is 24.3 Å². The Morgan fingerprint density at radius 2 is 1.70 bits per heavy atom. The van der Waals surface area contributed by atoms with Crippen LogP contribution in [0, 0.1) is 0 Å². The van der Waals surface area contributed by atoms with Gasteiger partial charge in [-0.15, -0.1) is 13.2 Å². The Bertz CT molecular complexity index is 574. The maximum atomic E-state index is 11.8. The highest BCUT2D eigenvalue weighted by Gasteiger charge is 2.15. The van der Waals surface area contributed by atoms with Crippen molar-refractivity contribution >= 4 is 35.1 Å². The van der Waals surface area contributed by atoms with Crippen LogP contribution in [0.5, 0.6) is 5.75 Å². The van der Waals surface area contributed by atoms with E-state index in [2.05, 4.69) is 13.2 Å². The SMILES string of the molecule is C=CCC(CC=C)OC(=O)CCC(=O)Oc1cccc(Cl)c1Cl. The van der Waals surface area contributed by atoms with Gasteiger partial charge in [0.15, 0.2) is 5.75 Å². The van der Waals surface area contributed by atoms with Crippen molar-refractivity contribution in [3.63, 3.8) is 0 Å². The molecule has 0 N–H and O–H groups in total. The molecule has 0 saturated heterocycles. The average Bonchev–Trinajstić information content (AvgIpc) is 2.50. The second-order valence-corrected chi connectivity index (χ2v) is 5.47. The Hall–Kier alpha value is -1.78. The summed E-state index contributed by atoms with van der Waals surface area (Å²) >= 11 is 11.7. The summed E-state index contributed by atoms with van der Waals surface area (Å²) in [6.07, 6.45) is 3.88. The molecule has 0 aliphatic carbocycles. The molecule has 0 spiro atoms. The molecule has 0 heterocycles. The molecular formula is C17H18Cl2O4. The van der Waals surface area contributed by atoms with Gasteiger partial charge in [0, 0.05) is 12.8 Å². The predicted molar refractivity (Wildman–Crippen MR) is 90.8 cm³/mol. The highest BCUT2D eigenvalue weighted by Crippen LogP contribution is 2.31. The first kappa shape index (κ1) is 19.3. The van der Waals surface area contributed by atoms with Crippen molar-refractivity contribution in [1.29, 1.82) is 0 Å². The van der Waals surface area contributed by atoms with Crippen molar-refractivity contribution in [3.8, 4) is 5.75 Å². The van der Waals surface area contributed by atoms with Crippen molar-refractivity contribution in [2.45, 2.75) is 31.8 Å². The van der Waals surface area contributed by atoms with Gasteiger partial charge in [0.1, 0.15) is 11.1 Å². The first-order valence-corrected chi connectivity index (χ1v) is 7.79. The van der Waals surface area contributed by atoms with E-state index in [0.717, 1.165) is 0 Å². The lowest BCUT2D eigenvalue weighted by Crippen LogP contribution is -2.18. The number of carbonyl (C=O) groups excluding carboxylic acids is 2. The summed E-state index contributed by atoms with van der Waals surface area (Å²) in [5, 5.41) is 0.440. The van der Waals surface area contributed by atoms with Gasteiger partial charge in [-0.1, -0.05) is 41.4 Å². The first-order valence-electron chi connectivity index (χ1n) is 7.03. The zero-order valence-electron chi connectivity index (χ0n) is 12.6. The Morgan fingerprint density at radius 1 is 1.09 bits per heavy atom. The summed E-state index contributed by atoms with van der Waals surface area (Å²) in [6.45, 7) is 7.21. The lowest BCUT2D eigenvalue weighted by Gasteiger charge is -2.14. The molecule has 0 aromatic heterocycles. The quantitative estimate of drug-likeness (QED) is 0.364. The van der Waals surface area contributed by atoms with Gasteiger partial charge in [-0.3, -0.25) is 9.59 Å². The third-order valence-corrected chi connectivity index (χ3v) is 3.63. The second-order valence-electron chi connectivity index (χ2n) is 4.69. The van der Waals surface area contributed by atoms with Gasteiger partial charge in [-0.05, 0) is 12.1 Å². The minimum atomic E-state index is -0.588. The number of benzene rings is 1. The highest BCUT2D eigenvalue weighted by molar-refractivity contribution is 6.43. The minimum Gasteiger partial charge on any atom is -0.462 e. The van der Waals surface area contributed by atoms with Gasteiger partial charge >= 0.3 is 11.9 Å². The largest absolute Gasteiger partial charge is 0.462 e. The minimum absolute atomic E-state index is 0.0815. The summed E-state index contributed by atoms with van der Waals surface area (Å²) in [5.41, 5.74) is 0. The Balaban J connectivity index is 2.46. The molecule has 0 fully saturated rings. The number of hydrogen-bond donors (Lipinski definition) is 0. The van der Waals surface area contributed by atoms with E-state index in [4.69, 9.17) is 32.7 Å². The first-order chi connectivity index (χ1) is 11.0. The number of carbonyl (C=O) groups is 2. The van der Waals surface area contributed by atoms with E-state index in [-0.39, 0.29) is 34.7 Å². The lowest BCUT2D eigenvalue weighted by atomic mass is 10.2. The van der Waals surface area contributed by atoms with Crippen molar-refractivity contribution < 1.29 is 19.1 Å². The van der Waals surface area contributed by atoms with Crippen LogP contribution in [0.2, 0.25) is 10.0 Å². The van der Waals surface area contributed by atoms with E-state index >= 15 is 0 Å². The van der Waals surface area contributed by atoms with Crippen LogP contribution < -0.4 is 4.74 Å². The highest BCUT2D eigenvalue weighted by atomic mass is 35.5. The van der Waals surface area contributed by atoms with Crippen molar-refractivity contribution in [1.82, 2.24) is 0 Å². The molecule has 4 nitrogen and oxygen atoms in total. The number of halogens is 2. The lowest BCUT2D eigenvalue weighted by molar-refractivity contribution is -0.151. The molecule has 0 unspecified atom stereocenters. The predicted octanol–water partition coefficient (Wildman–Crippen LogP) is 4.74. The van der Waals surface area contributed by atoms with Crippen LogP contribution in [0.3, 0.4) is 0 Å². The van der Waals surface area contributed by atoms with E-state index < -0.39 is 11.9 Å². The molecule has 0 aliphatic rings. The summed E-state index contributed by atoms with van der Waals surface area (Å²) in [7, 11) is 0. The van der Waals surface area contributed by atoms with Gasteiger partial charge in [0.25, 0.3) is 0 Å². The van der Waals surface area contributed by atoms with E-state index in [1.807, 2.05) is 0 Å². The normalized spacial score (nSPS) is 10.2. The molecule has 6 heteroatoms. The molecule has 1 rings (SSSR count). The maximum absolute atomic E-state index is 11.8. The van der Waals surface area contributed by atoms with Crippen molar-refractivity contribution in [3.05, 3.63) is 53.6 Å². The van der Waals surface area contributed by atoms with Crippen LogP contribution in [0.1, 0.15) is 25.7 Å². The Kier molecular flexibility index (Phi) is 8.45. The standard InChI is InChI=1S/C17H18Cl2O4/c1-3-6-12(7-4-2)22-15(20)10-11-16(21)23-14-9-5-8-13(18)17(14)19/h3-5,8-9,12H,1-2,6-7,10-11H2. The summed E-state index contributed by atoms with van der Waals surface area (Å²) < 4.78 is 10.3. The van der Waals surface area contributed by atoms with Crippen molar-refractivity contribution in [2.75, 3.05) is 0 Å². The van der Waals surface area contributed by atoms with Gasteiger partial charge in [0.2, 0.25) is 0 Å². The summed E-state index contributed by atoms with van der Waals surface area (Å²) in [5.74, 6) is -0.906. The van der Waals surface area contributed by atoms with Crippen LogP contribution >= 0.6 is 23.2 Å². The monoisotopic (exact) mass is 356 g/mol. The number of ether oxygens (including phenoxy) is 2. The third kappa shape index (κ3) is 6.89. The smallest absolute Gasteiger partial charge is 0.311 e. The second kappa shape index (κ2) is 10.1. The van der Waals surface area contributed by atoms with E-state index in [9.17, 15) is 9.59 Å². The maximum Gasteiger partial charge on any atom is 0.311 e.